The average molecular weight is 249 g/mol. The van der Waals surface area contributed by atoms with E-state index in [2.05, 4.69) is 9.72 Å². The molecule has 7 heteroatoms. The Morgan fingerprint density at radius 3 is 2.53 bits per heavy atom. The number of alkyl halides is 3. The summed E-state index contributed by atoms with van der Waals surface area (Å²) in [4.78, 5) is 14.4. The van der Waals surface area contributed by atoms with E-state index in [1.165, 1.54) is 13.0 Å². The van der Waals surface area contributed by atoms with Crippen molar-refractivity contribution in [1.29, 1.82) is 0 Å². The molecule has 0 aromatic carbocycles. The normalized spacial score (nSPS) is 13.2. The molecule has 1 atom stereocenters. The third-order valence-corrected chi connectivity index (χ3v) is 1.98. The Morgan fingerprint density at radius 2 is 2.06 bits per heavy atom. The SMILES string of the molecule is Cc1ccc(C(=O)O)c(OC(C)C(F)(F)F)n1. The number of hydrogen-bond donors (Lipinski definition) is 1. The summed E-state index contributed by atoms with van der Waals surface area (Å²) < 4.78 is 41.3. The van der Waals surface area contributed by atoms with E-state index in [9.17, 15) is 18.0 Å². The molecule has 1 heterocycles. The molecule has 0 aliphatic heterocycles. The summed E-state index contributed by atoms with van der Waals surface area (Å²) in [5.41, 5.74) is -0.0222. The van der Waals surface area contributed by atoms with Crippen LogP contribution in [0.1, 0.15) is 23.0 Å². The lowest BCUT2D eigenvalue weighted by Gasteiger charge is -2.18. The molecule has 0 spiro atoms. The maximum atomic E-state index is 12.3. The van der Waals surface area contributed by atoms with E-state index in [1.54, 1.807) is 0 Å². The van der Waals surface area contributed by atoms with Gasteiger partial charge in [-0.05, 0) is 26.0 Å². The molecule has 0 aliphatic carbocycles. The number of aryl methyl sites for hydroxylation is 1. The zero-order chi connectivity index (χ0) is 13.2. The summed E-state index contributed by atoms with van der Waals surface area (Å²) in [5.74, 6) is -1.91. The lowest BCUT2D eigenvalue weighted by molar-refractivity contribution is -0.190. The number of halogens is 3. The number of aromatic carboxylic acids is 1. The molecule has 17 heavy (non-hydrogen) atoms. The van der Waals surface area contributed by atoms with Gasteiger partial charge in [0.2, 0.25) is 5.88 Å². The summed E-state index contributed by atoms with van der Waals surface area (Å²) in [5, 5.41) is 8.77. The number of ether oxygens (including phenoxy) is 1. The van der Waals surface area contributed by atoms with Crippen molar-refractivity contribution in [2.24, 2.45) is 0 Å². The number of carboxylic acids is 1. The van der Waals surface area contributed by atoms with Crippen LogP contribution in [0, 0.1) is 6.92 Å². The number of rotatable bonds is 3. The van der Waals surface area contributed by atoms with Gasteiger partial charge >= 0.3 is 12.1 Å². The second kappa shape index (κ2) is 4.60. The molecule has 1 N–H and O–H groups in total. The van der Waals surface area contributed by atoms with Crippen molar-refractivity contribution in [2.75, 3.05) is 0 Å². The summed E-state index contributed by atoms with van der Waals surface area (Å²) >= 11 is 0. The number of carbonyl (C=O) groups is 1. The van der Waals surface area contributed by atoms with Crippen molar-refractivity contribution < 1.29 is 27.8 Å². The van der Waals surface area contributed by atoms with Crippen molar-refractivity contribution in [2.45, 2.75) is 26.1 Å². The first-order valence-electron chi connectivity index (χ1n) is 4.66. The van der Waals surface area contributed by atoms with E-state index < -0.39 is 29.7 Å². The van der Waals surface area contributed by atoms with Gasteiger partial charge in [0.05, 0.1) is 0 Å². The fourth-order valence-corrected chi connectivity index (χ4v) is 1.02. The minimum atomic E-state index is -4.57. The van der Waals surface area contributed by atoms with Gasteiger partial charge in [-0.15, -0.1) is 0 Å². The van der Waals surface area contributed by atoms with Gasteiger partial charge in [0.1, 0.15) is 5.56 Å². The number of aromatic nitrogens is 1. The molecule has 0 fully saturated rings. The predicted octanol–water partition coefficient (Wildman–Crippen LogP) is 2.42. The lowest BCUT2D eigenvalue weighted by Crippen LogP contribution is -2.32. The third-order valence-electron chi connectivity index (χ3n) is 1.98. The Balaban J connectivity index is 3.04. The molecular formula is C10H10F3NO3. The second-order valence-corrected chi connectivity index (χ2v) is 3.41. The van der Waals surface area contributed by atoms with Gasteiger partial charge in [-0.1, -0.05) is 0 Å². The van der Waals surface area contributed by atoms with E-state index in [0.717, 1.165) is 13.0 Å². The van der Waals surface area contributed by atoms with Crippen LogP contribution in [-0.4, -0.2) is 28.3 Å². The Labute approximate surface area is 95.0 Å². The first-order chi connectivity index (χ1) is 7.71. The Bertz CT molecular complexity index is 431. The summed E-state index contributed by atoms with van der Waals surface area (Å²) in [6.45, 7) is 2.31. The van der Waals surface area contributed by atoms with Crippen molar-refractivity contribution in [3.8, 4) is 5.88 Å². The highest BCUT2D eigenvalue weighted by molar-refractivity contribution is 5.90. The maximum absolute atomic E-state index is 12.3. The smallest absolute Gasteiger partial charge is 0.425 e. The Kier molecular flexibility index (Phi) is 3.59. The lowest BCUT2D eigenvalue weighted by atomic mass is 10.2. The molecule has 1 aromatic heterocycles. The molecular weight excluding hydrogens is 239 g/mol. The van der Waals surface area contributed by atoms with E-state index >= 15 is 0 Å². The molecule has 1 aromatic rings. The predicted molar refractivity (Wildman–Crippen MR) is 52.1 cm³/mol. The van der Waals surface area contributed by atoms with E-state index in [-0.39, 0.29) is 0 Å². The maximum Gasteiger partial charge on any atom is 0.425 e. The van der Waals surface area contributed by atoms with E-state index in [1.807, 2.05) is 0 Å². The summed E-state index contributed by atoms with van der Waals surface area (Å²) in [6.07, 6.45) is -6.68. The van der Waals surface area contributed by atoms with Gasteiger partial charge in [0.25, 0.3) is 0 Å². The van der Waals surface area contributed by atoms with Crippen LogP contribution < -0.4 is 4.74 Å². The molecule has 0 radical (unpaired) electrons. The fraction of sp³-hybridized carbons (Fsp3) is 0.400. The van der Waals surface area contributed by atoms with Gasteiger partial charge in [-0.25, -0.2) is 9.78 Å². The first-order valence-corrected chi connectivity index (χ1v) is 4.66. The van der Waals surface area contributed by atoms with Crippen molar-refractivity contribution >= 4 is 5.97 Å². The van der Waals surface area contributed by atoms with Gasteiger partial charge in [0.15, 0.2) is 6.10 Å². The molecule has 0 aliphatic rings. The monoisotopic (exact) mass is 249 g/mol. The van der Waals surface area contributed by atoms with Crippen LogP contribution in [0.4, 0.5) is 13.2 Å². The molecule has 0 saturated heterocycles. The van der Waals surface area contributed by atoms with Crippen LogP contribution >= 0.6 is 0 Å². The van der Waals surface area contributed by atoms with E-state index in [4.69, 9.17) is 5.11 Å². The zero-order valence-electron chi connectivity index (χ0n) is 9.08. The first kappa shape index (κ1) is 13.3. The van der Waals surface area contributed by atoms with Crippen molar-refractivity contribution in [1.82, 2.24) is 4.98 Å². The van der Waals surface area contributed by atoms with Crippen LogP contribution in [0.15, 0.2) is 12.1 Å². The molecule has 4 nitrogen and oxygen atoms in total. The zero-order valence-corrected chi connectivity index (χ0v) is 9.08. The number of nitrogens with zero attached hydrogens (tertiary/aromatic N) is 1. The van der Waals surface area contributed by atoms with Crippen LogP contribution in [0.5, 0.6) is 5.88 Å². The Morgan fingerprint density at radius 1 is 1.47 bits per heavy atom. The topological polar surface area (TPSA) is 59.4 Å². The highest BCUT2D eigenvalue weighted by Crippen LogP contribution is 2.26. The molecule has 1 unspecified atom stereocenters. The minimum Gasteiger partial charge on any atom is -0.477 e. The highest BCUT2D eigenvalue weighted by Gasteiger charge is 2.39. The van der Waals surface area contributed by atoms with Crippen LogP contribution in [-0.2, 0) is 0 Å². The molecule has 0 saturated carbocycles. The van der Waals surface area contributed by atoms with E-state index in [0.29, 0.717) is 5.69 Å². The fourth-order valence-electron chi connectivity index (χ4n) is 1.02. The van der Waals surface area contributed by atoms with Gasteiger partial charge in [-0.2, -0.15) is 13.2 Å². The number of hydrogen-bond acceptors (Lipinski definition) is 3. The number of pyridine rings is 1. The number of carboxylic acid groups (broad SMARTS) is 1. The van der Waals surface area contributed by atoms with Crippen LogP contribution in [0.2, 0.25) is 0 Å². The van der Waals surface area contributed by atoms with Crippen LogP contribution in [0.25, 0.3) is 0 Å². The second-order valence-electron chi connectivity index (χ2n) is 3.41. The average Bonchev–Trinajstić information content (AvgIpc) is 2.15. The highest BCUT2D eigenvalue weighted by atomic mass is 19.4. The quantitative estimate of drug-likeness (QED) is 0.893. The van der Waals surface area contributed by atoms with Gasteiger partial charge in [0, 0.05) is 5.69 Å². The van der Waals surface area contributed by atoms with Gasteiger partial charge in [-0.3, -0.25) is 0 Å². The van der Waals surface area contributed by atoms with Gasteiger partial charge < -0.3 is 9.84 Å². The van der Waals surface area contributed by atoms with Crippen LogP contribution in [0.3, 0.4) is 0 Å². The Hall–Kier alpha value is -1.79. The standard InChI is InChI=1S/C10H10F3NO3/c1-5-3-4-7(9(15)16)8(14-5)17-6(2)10(11,12)13/h3-4,6H,1-2H3,(H,15,16). The largest absolute Gasteiger partial charge is 0.477 e. The third kappa shape index (κ3) is 3.33. The molecule has 0 bridgehead atoms. The molecule has 0 amide bonds. The summed E-state index contributed by atoms with van der Waals surface area (Å²) in [7, 11) is 0. The molecule has 1 rings (SSSR count). The molecule has 94 valence electrons. The van der Waals surface area contributed by atoms with Crippen molar-refractivity contribution in [3.05, 3.63) is 23.4 Å². The van der Waals surface area contributed by atoms with Crippen molar-refractivity contribution in [3.63, 3.8) is 0 Å². The minimum absolute atomic E-state index is 0.374. The summed E-state index contributed by atoms with van der Waals surface area (Å²) in [6, 6.07) is 2.54.